The summed E-state index contributed by atoms with van der Waals surface area (Å²) in [6.07, 6.45) is 5.10. The van der Waals surface area contributed by atoms with Gasteiger partial charge in [-0.15, -0.1) is 5.10 Å². The molecule has 0 N–H and O–H groups in total. The predicted molar refractivity (Wildman–Crippen MR) is 139 cm³/mol. The second-order valence-electron chi connectivity index (χ2n) is 9.26. The number of piperazine rings is 1. The molecule has 1 fully saturated rings. The van der Waals surface area contributed by atoms with Crippen molar-refractivity contribution < 1.29 is 4.74 Å². The van der Waals surface area contributed by atoms with Crippen LogP contribution in [0.3, 0.4) is 0 Å². The van der Waals surface area contributed by atoms with Crippen molar-refractivity contribution in [3.63, 3.8) is 0 Å². The Labute approximate surface area is 210 Å². The summed E-state index contributed by atoms with van der Waals surface area (Å²) in [5.74, 6) is 3.60. The molecule has 7 nitrogen and oxygen atoms in total. The minimum atomic E-state index is 0.659. The van der Waals surface area contributed by atoms with Crippen molar-refractivity contribution in [2.24, 2.45) is 0 Å². The third kappa shape index (κ3) is 4.29. The lowest BCUT2D eigenvalue weighted by molar-refractivity contribution is 0.413. The molecule has 0 saturated carbocycles. The zero-order valence-electron chi connectivity index (χ0n) is 20.0. The number of hydrogen-bond donors (Lipinski definition) is 0. The highest BCUT2D eigenvalue weighted by atomic mass is 35.5. The number of nitrogens with zero attached hydrogens (tertiary/aromatic N) is 6. The van der Waals surface area contributed by atoms with Gasteiger partial charge in [-0.05, 0) is 55.5 Å². The molecule has 1 aliphatic carbocycles. The molecule has 4 aromatic rings. The summed E-state index contributed by atoms with van der Waals surface area (Å²) in [5, 5.41) is 5.69. The lowest BCUT2D eigenvalue weighted by atomic mass is 9.96. The first kappa shape index (κ1) is 22.2. The molecule has 180 valence electrons. The molecule has 3 heterocycles. The minimum Gasteiger partial charge on any atom is -0.495 e. The van der Waals surface area contributed by atoms with E-state index in [-0.39, 0.29) is 0 Å². The molecule has 35 heavy (non-hydrogen) atoms. The van der Waals surface area contributed by atoms with Gasteiger partial charge in [0.25, 0.3) is 5.78 Å². The first-order chi connectivity index (χ1) is 17.2. The maximum atomic E-state index is 6.06. The fraction of sp³-hybridized carbons (Fsp3) is 0.370. The van der Waals surface area contributed by atoms with E-state index in [1.807, 2.05) is 40.9 Å². The summed E-state index contributed by atoms with van der Waals surface area (Å²) in [6, 6.07) is 16.2. The highest BCUT2D eigenvalue weighted by Crippen LogP contribution is 2.33. The number of halogens is 1. The summed E-state index contributed by atoms with van der Waals surface area (Å²) >= 11 is 6.06. The minimum absolute atomic E-state index is 0.659. The van der Waals surface area contributed by atoms with E-state index in [0.717, 1.165) is 66.9 Å². The number of fused-ring (bicyclic) bond motifs is 2. The number of hydrogen-bond acceptors (Lipinski definition) is 6. The average Bonchev–Trinajstić information content (AvgIpc) is 3.30. The standard InChI is InChI=1S/C27H29ClN6O/c1-35-24-9-5-4-8-23(24)32-14-16-33(17-15-32)26-21-6-2-3-7-22(21)29-27-30-25(31-34(26)27)18-19-10-12-20(28)13-11-19/h4-5,8-13H,2-3,6-7,14-18H2,1H3. The van der Waals surface area contributed by atoms with Gasteiger partial charge in [0.2, 0.25) is 0 Å². The molecular formula is C27H29ClN6O. The highest BCUT2D eigenvalue weighted by molar-refractivity contribution is 6.30. The van der Waals surface area contributed by atoms with E-state index >= 15 is 0 Å². The van der Waals surface area contributed by atoms with Gasteiger partial charge in [-0.1, -0.05) is 35.9 Å². The van der Waals surface area contributed by atoms with Crippen LogP contribution in [0.1, 0.15) is 35.5 Å². The molecule has 2 aromatic carbocycles. The smallest absolute Gasteiger partial charge is 0.254 e. The lowest BCUT2D eigenvalue weighted by Gasteiger charge is -2.38. The summed E-state index contributed by atoms with van der Waals surface area (Å²) in [7, 11) is 1.74. The van der Waals surface area contributed by atoms with Gasteiger partial charge in [-0.2, -0.15) is 9.50 Å². The molecule has 0 amide bonds. The Balaban J connectivity index is 1.32. The van der Waals surface area contributed by atoms with Crippen LogP contribution in [0, 0.1) is 0 Å². The van der Waals surface area contributed by atoms with Crippen LogP contribution in [-0.4, -0.2) is 52.9 Å². The molecule has 2 aromatic heterocycles. The van der Waals surface area contributed by atoms with E-state index in [9.17, 15) is 0 Å². The van der Waals surface area contributed by atoms with Gasteiger partial charge in [0.1, 0.15) is 11.6 Å². The quantitative estimate of drug-likeness (QED) is 0.410. The first-order valence-electron chi connectivity index (χ1n) is 12.3. The Morgan fingerprint density at radius 2 is 1.63 bits per heavy atom. The van der Waals surface area contributed by atoms with Gasteiger partial charge < -0.3 is 14.5 Å². The maximum absolute atomic E-state index is 6.06. The van der Waals surface area contributed by atoms with Gasteiger partial charge in [0.15, 0.2) is 5.82 Å². The summed E-state index contributed by atoms with van der Waals surface area (Å²) in [6.45, 7) is 3.67. The number of methoxy groups -OCH3 is 1. The second kappa shape index (κ2) is 9.38. The van der Waals surface area contributed by atoms with Crippen LogP contribution in [0.5, 0.6) is 5.75 Å². The molecule has 2 aliphatic rings. The van der Waals surface area contributed by atoms with Gasteiger partial charge in [0, 0.05) is 43.2 Å². The Hall–Kier alpha value is -3.32. The summed E-state index contributed by atoms with van der Waals surface area (Å²) < 4.78 is 7.60. The molecule has 8 heteroatoms. The lowest BCUT2D eigenvalue weighted by Crippen LogP contribution is -2.47. The van der Waals surface area contributed by atoms with Crippen LogP contribution < -0.4 is 14.5 Å². The Morgan fingerprint density at radius 3 is 2.43 bits per heavy atom. The molecule has 0 bridgehead atoms. The SMILES string of the molecule is COc1ccccc1N1CCN(c2c3c(nc4nc(Cc5ccc(Cl)cc5)nn24)CCCC3)CC1. The van der Waals surface area contributed by atoms with Crippen molar-refractivity contribution in [3.05, 3.63) is 76.2 Å². The number of benzene rings is 2. The third-order valence-electron chi connectivity index (χ3n) is 7.06. The van der Waals surface area contributed by atoms with Crippen LogP contribution in [0.2, 0.25) is 5.02 Å². The molecular weight excluding hydrogens is 460 g/mol. The molecule has 0 spiro atoms. The van der Waals surface area contributed by atoms with Crippen LogP contribution in [0.15, 0.2) is 48.5 Å². The second-order valence-corrected chi connectivity index (χ2v) is 9.69. The van der Waals surface area contributed by atoms with Crippen molar-refractivity contribution in [2.75, 3.05) is 43.1 Å². The topological polar surface area (TPSA) is 58.8 Å². The normalized spacial score (nSPS) is 15.9. The number of aromatic nitrogens is 4. The highest BCUT2D eigenvalue weighted by Gasteiger charge is 2.27. The fourth-order valence-corrected chi connectivity index (χ4v) is 5.42. The Bertz CT molecular complexity index is 1340. The van der Waals surface area contributed by atoms with Gasteiger partial charge >= 0.3 is 0 Å². The number of aryl methyl sites for hydroxylation is 1. The predicted octanol–water partition coefficient (Wildman–Crippen LogP) is 4.58. The van der Waals surface area contributed by atoms with E-state index < -0.39 is 0 Å². The molecule has 0 radical (unpaired) electrons. The van der Waals surface area contributed by atoms with Gasteiger partial charge in [-0.25, -0.2) is 4.98 Å². The van der Waals surface area contributed by atoms with Crippen LogP contribution in [0.4, 0.5) is 11.5 Å². The maximum Gasteiger partial charge on any atom is 0.254 e. The zero-order valence-corrected chi connectivity index (χ0v) is 20.7. The number of ether oxygens (including phenoxy) is 1. The van der Waals surface area contributed by atoms with E-state index in [2.05, 4.69) is 21.9 Å². The van der Waals surface area contributed by atoms with E-state index in [0.29, 0.717) is 12.2 Å². The molecule has 1 saturated heterocycles. The molecule has 0 atom stereocenters. The van der Waals surface area contributed by atoms with Crippen LogP contribution in [-0.2, 0) is 19.3 Å². The van der Waals surface area contributed by atoms with Crippen LogP contribution in [0.25, 0.3) is 5.78 Å². The van der Waals surface area contributed by atoms with Crippen molar-refractivity contribution in [2.45, 2.75) is 32.1 Å². The van der Waals surface area contributed by atoms with Gasteiger partial charge in [0.05, 0.1) is 18.5 Å². The fourth-order valence-electron chi connectivity index (χ4n) is 5.30. The number of rotatable bonds is 5. The zero-order chi connectivity index (χ0) is 23.8. The van der Waals surface area contributed by atoms with Crippen LogP contribution >= 0.6 is 11.6 Å². The average molecular weight is 489 g/mol. The molecule has 6 rings (SSSR count). The number of anilines is 2. The van der Waals surface area contributed by atoms with Crippen molar-refractivity contribution in [3.8, 4) is 5.75 Å². The molecule has 0 unspecified atom stereocenters. The van der Waals surface area contributed by atoms with Crippen molar-refractivity contribution >= 4 is 28.9 Å². The molecule has 1 aliphatic heterocycles. The third-order valence-corrected chi connectivity index (χ3v) is 7.31. The summed E-state index contributed by atoms with van der Waals surface area (Å²) in [4.78, 5) is 14.7. The monoisotopic (exact) mass is 488 g/mol. The Kier molecular flexibility index (Phi) is 5.94. The largest absolute Gasteiger partial charge is 0.495 e. The van der Waals surface area contributed by atoms with Crippen molar-refractivity contribution in [1.29, 1.82) is 0 Å². The van der Waals surface area contributed by atoms with Gasteiger partial charge in [-0.3, -0.25) is 0 Å². The van der Waals surface area contributed by atoms with E-state index in [4.69, 9.17) is 31.4 Å². The summed E-state index contributed by atoms with van der Waals surface area (Å²) in [5.41, 5.74) is 4.83. The Morgan fingerprint density at radius 1 is 0.886 bits per heavy atom. The number of para-hydroxylation sites is 2. The van der Waals surface area contributed by atoms with E-state index in [1.54, 1.807) is 7.11 Å². The first-order valence-corrected chi connectivity index (χ1v) is 12.7. The van der Waals surface area contributed by atoms with Crippen molar-refractivity contribution in [1.82, 2.24) is 19.6 Å². The van der Waals surface area contributed by atoms with E-state index in [1.165, 1.54) is 29.9 Å².